The molecule has 0 aliphatic carbocycles. The van der Waals surface area contributed by atoms with Crippen molar-refractivity contribution in [1.29, 1.82) is 0 Å². The van der Waals surface area contributed by atoms with Crippen LogP contribution < -0.4 is 0 Å². The largest absolute Gasteiger partial charge is 0.396 e. The zero-order valence-corrected chi connectivity index (χ0v) is 10.7. The van der Waals surface area contributed by atoms with E-state index in [0.717, 1.165) is 5.56 Å². The molecule has 0 saturated heterocycles. The smallest absolute Gasteiger partial charge is 0.0472 e. The van der Waals surface area contributed by atoms with Gasteiger partial charge in [-0.2, -0.15) is 0 Å². The maximum atomic E-state index is 9.14. The number of aliphatic hydroxyl groups excluding tert-OH is 1. The molecule has 0 aliphatic heterocycles. The van der Waals surface area contributed by atoms with Gasteiger partial charge in [0.15, 0.2) is 0 Å². The fourth-order valence-corrected chi connectivity index (χ4v) is 3.14. The van der Waals surface area contributed by atoms with Gasteiger partial charge in [-0.05, 0) is 46.0 Å². The van der Waals surface area contributed by atoms with E-state index in [1.165, 1.54) is 21.2 Å². The summed E-state index contributed by atoms with van der Waals surface area (Å²) in [6, 6.07) is 10.5. The van der Waals surface area contributed by atoms with Crippen molar-refractivity contribution in [3.05, 3.63) is 53.7 Å². The van der Waals surface area contributed by atoms with E-state index in [-0.39, 0.29) is 6.61 Å². The minimum atomic E-state index is 0.152. The third kappa shape index (κ3) is 1.92. The van der Waals surface area contributed by atoms with E-state index in [4.69, 9.17) is 5.11 Å². The van der Waals surface area contributed by atoms with Crippen LogP contribution in [0.25, 0.3) is 21.2 Å². The van der Waals surface area contributed by atoms with E-state index in [1.807, 2.05) is 18.5 Å². The average Bonchev–Trinajstić information content (AvgIpc) is 2.88. The highest BCUT2D eigenvalue weighted by Crippen LogP contribution is 2.34. The van der Waals surface area contributed by atoms with Gasteiger partial charge < -0.3 is 5.11 Å². The van der Waals surface area contributed by atoms with Crippen LogP contribution >= 0.6 is 11.3 Å². The van der Waals surface area contributed by atoms with Crippen molar-refractivity contribution >= 4 is 21.4 Å². The van der Waals surface area contributed by atoms with Gasteiger partial charge in [-0.1, -0.05) is 18.2 Å². The van der Waals surface area contributed by atoms with E-state index in [9.17, 15) is 0 Å². The molecular weight excluding hydrogens is 242 g/mol. The van der Waals surface area contributed by atoms with E-state index >= 15 is 0 Å². The number of thiophene rings is 1. The first-order valence-electron chi connectivity index (χ1n) is 5.90. The molecule has 3 aromatic rings. The molecule has 0 amide bonds. The third-order valence-electron chi connectivity index (χ3n) is 3.05. The van der Waals surface area contributed by atoms with Crippen molar-refractivity contribution in [2.24, 2.45) is 0 Å². The molecule has 0 saturated carbocycles. The maximum absolute atomic E-state index is 9.14. The lowest BCUT2D eigenvalue weighted by Gasteiger charge is -2.09. The zero-order chi connectivity index (χ0) is 12.4. The molecule has 2 nitrogen and oxygen atoms in total. The lowest BCUT2D eigenvalue weighted by atomic mass is 9.99. The molecule has 0 unspecified atom stereocenters. The number of rotatable bonds is 3. The van der Waals surface area contributed by atoms with Crippen LogP contribution in [0.5, 0.6) is 0 Å². The molecular formula is C15H13NOS. The van der Waals surface area contributed by atoms with Crippen LogP contribution in [-0.2, 0) is 6.42 Å². The normalized spacial score (nSPS) is 10.9. The minimum absolute atomic E-state index is 0.152. The van der Waals surface area contributed by atoms with Crippen molar-refractivity contribution in [3.8, 4) is 11.1 Å². The Labute approximate surface area is 110 Å². The van der Waals surface area contributed by atoms with Gasteiger partial charge in [-0.3, -0.25) is 4.98 Å². The van der Waals surface area contributed by atoms with Crippen LogP contribution in [0.4, 0.5) is 0 Å². The number of hydrogen-bond acceptors (Lipinski definition) is 3. The van der Waals surface area contributed by atoms with Gasteiger partial charge in [-0.15, -0.1) is 11.3 Å². The molecule has 2 heterocycles. The molecule has 0 spiro atoms. The van der Waals surface area contributed by atoms with Crippen LogP contribution in [-0.4, -0.2) is 16.7 Å². The predicted molar refractivity (Wildman–Crippen MR) is 75.8 cm³/mol. The van der Waals surface area contributed by atoms with Crippen molar-refractivity contribution in [1.82, 2.24) is 4.98 Å². The van der Waals surface area contributed by atoms with Crippen molar-refractivity contribution < 1.29 is 5.11 Å². The standard InChI is InChI=1S/C15H13NOS/c17-8-5-12-10-16-7-4-13(12)14-3-1-2-11-6-9-18-15(11)14/h1-4,6-7,9-10,17H,5,8H2. The first kappa shape index (κ1) is 11.4. The molecule has 1 aromatic carbocycles. The second-order valence-corrected chi connectivity index (χ2v) is 5.07. The van der Waals surface area contributed by atoms with Crippen LogP contribution in [0.15, 0.2) is 48.1 Å². The molecule has 2 aromatic heterocycles. The van der Waals surface area contributed by atoms with Gasteiger partial charge in [0, 0.05) is 23.7 Å². The van der Waals surface area contributed by atoms with Crippen LogP contribution in [0.1, 0.15) is 5.56 Å². The van der Waals surface area contributed by atoms with E-state index in [0.29, 0.717) is 6.42 Å². The number of pyridine rings is 1. The van der Waals surface area contributed by atoms with E-state index in [2.05, 4.69) is 34.6 Å². The molecule has 0 radical (unpaired) electrons. The highest BCUT2D eigenvalue weighted by Gasteiger charge is 2.08. The Balaban J connectivity index is 2.23. The summed E-state index contributed by atoms with van der Waals surface area (Å²) < 4.78 is 1.29. The topological polar surface area (TPSA) is 33.1 Å². The quantitative estimate of drug-likeness (QED) is 0.777. The van der Waals surface area contributed by atoms with Gasteiger partial charge in [0.1, 0.15) is 0 Å². The Bertz CT molecular complexity index is 675. The summed E-state index contributed by atoms with van der Waals surface area (Å²) in [6.45, 7) is 0.152. The number of aromatic nitrogens is 1. The number of nitrogens with zero attached hydrogens (tertiary/aromatic N) is 1. The fourth-order valence-electron chi connectivity index (χ4n) is 2.21. The molecule has 18 heavy (non-hydrogen) atoms. The van der Waals surface area contributed by atoms with Gasteiger partial charge in [0.2, 0.25) is 0 Å². The number of fused-ring (bicyclic) bond motifs is 1. The summed E-state index contributed by atoms with van der Waals surface area (Å²) >= 11 is 1.75. The first-order valence-corrected chi connectivity index (χ1v) is 6.78. The Morgan fingerprint density at radius 2 is 2.06 bits per heavy atom. The zero-order valence-electron chi connectivity index (χ0n) is 9.84. The number of aliphatic hydroxyl groups is 1. The van der Waals surface area contributed by atoms with Gasteiger partial charge >= 0.3 is 0 Å². The van der Waals surface area contributed by atoms with Crippen LogP contribution in [0.2, 0.25) is 0 Å². The number of benzene rings is 1. The summed E-state index contributed by atoms with van der Waals surface area (Å²) in [5.41, 5.74) is 3.50. The number of hydrogen-bond donors (Lipinski definition) is 1. The molecule has 1 N–H and O–H groups in total. The summed E-state index contributed by atoms with van der Waals surface area (Å²) in [5.74, 6) is 0. The summed E-state index contributed by atoms with van der Waals surface area (Å²) in [7, 11) is 0. The predicted octanol–water partition coefficient (Wildman–Crippen LogP) is 3.50. The summed E-state index contributed by atoms with van der Waals surface area (Å²) in [4.78, 5) is 4.15. The Hall–Kier alpha value is -1.71. The molecule has 3 rings (SSSR count). The van der Waals surface area contributed by atoms with E-state index < -0.39 is 0 Å². The third-order valence-corrected chi connectivity index (χ3v) is 4.02. The second-order valence-electron chi connectivity index (χ2n) is 4.15. The molecule has 0 aliphatic rings. The molecule has 3 heteroatoms. The Morgan fingerprint density at radius 3 is 2.94 bits per heavy atom. The van der Waals surface area contributed by atoms with Crippen molar-refractivity contribution in [2.75, 3.05) is 6.61 Å². The van der Waals surface area contributed by atoms with Crippen molar-refractivity contribution in [2.45, 2.75) is 6.42 Å². The van der Waals surface area contributed by atoms with Crippen LogP contribution in [0.3, 0.4) is 0 Å². The van der Waals surface area contributed by atoms with E-state index in [1.54, 1.807) is 11.3 Å². The fraction of sp³-hybridized carbons (Fsp3) is 0.133. The second kappa shape index (κ2) is 4.88. The molecule has 90 valence electrons. The minimum Gasteiger partial charge on any atom is -0.396 e. The summed E-state index contributed by atoms with van der Waals surface area (Å²) in [5, 5.41) is 12.5. The first-order chi connectivity index (χ1) is 8.90. The Kier molecular flexibility index (Phi) is 3.09. The average molecular weight is 255 g/mol. The highest BCUT2D eigenvalue weighted by molar-refractivity contribution is 7.17. The molecule has 0 atom stereocenters. The van der Waals surface area contributed by atoms with Crippen LogP contribution in [0, 0.1) is 0 Å². The monoisotopic (exact) mass is 255 g/mol. The van der Waals surface area contributed by atoms with Gasteiger partial charge in [0.05, 0.1) is 0 Å². The lowest BCUT2D eigenvalue weighted by molar-refractivity contribution is 0.299. The highest BCUT2D eigenvalue weighted by atomic mass is 32.1. The maximum Gasteiger partial charge on any atom is 0.0472 e. The Morgan fingerprint density at radius 1 is 1.11 bits per heavy atom. The van der Waals surface area contributed by atoms with Gasteiger partial charge in [-0.25, -0.2) is 0 Å². The van der Waals surface area contributed by atoms with Gasteiger partial charge in [0.25, 0.3) is 0 Å². The lowest BCUT2D eigenvalue weighted by Crippen LogP contribution is -1.95. The SMILES string of the molecule is OCCc1cnccc1-c1cccc2ccsc12. The molecule has 0 bridgehead atoms. The molecule has 0 fully saturated rings. The summed E-state index contributed by atoms with van der Waals surface area (Å²) in [6.07, 6.45) is 4.30. The van der Waals surface area contributed by atoms with Crippen molar-refractivity contribution in [3.63, 3.8) is 0 Å².